The Morgan fingerprint density at radius 1 is 1.64 bits per heavy atom. The summed E-state index contributed by atoms with van der Waals surface area (Å²) < 4.78 is 5.14. The molecule has 0 bridgehead atoms. The van der Waals surface area contributed by atoms with Crippen molar-refractivity contribution in [3.63, 3.8) is 0 Å². The van der Waals surface area contributed by atoms with Crippen molar-refractivity contribution in [3.05, 3.63) is 23.7 Å². The van der Waals surface area contributed by atoms with Gasteiger partial charge in [-0.1, -0.05) is 6.92 Å². The van der Waals surface area contributed by atoms with Crippen LogP contribution in [0.1, 0.15) is 29.7 Å². The van der Waals surface area contributed by atoms with E-state index in [-0.39, 0.29) is 24.3 Å². The summed E-state index contributed by atoms with van der Waals surface area (Å²) in [7, 11) is 0. The maximum atomic E-state index is 11.5. The third kappa shape index (κ3) is 2.60. The molecular weight excluding hydrogens is 182 g/mol. The molecule has 0 spiro atoms. The van der Waals surface area contributed by atoms with Crippen LogP contribution in [-0.4, -0.2) is 23.7 Å². The first-order valence-electron chi connectivity index (χ1n) is 4.65. The fourth-order valence-electron chi connectivity index (χ4n) is 1.09. The molecule has 1 atom stereocenters. The molecule has 14 heavy (non-hydrogen) atoms. The van der Waals surface area contributed by atoms with Crippen LogP contribution < -0.4 is 5.32 Å². The van der Waals surface area contributed by atoms with Gasteiger partial charge in [0.25, 0.3) is 5.91 Å². The van der Waals surface area contributed by atoms with Crippen LogP contribution in [-0.2, 0) is 0 Å². The molecular formula is C10H15NO3. The Kier molecular flexibility index (Phi) is 3.71. The molecule has 1 amide bonds. The minimum absolute atomic E-state index is 0.0536. The third-order valence-electron chi connectivity index (χ3n) is 2.01. The predicted molar refractivity (Wildman–Crippen MR) is 52.1 cm³/mol. The summed E-state index contributed by atoms with van der Waals surface area (Å²) in [6.45, 7) is 3.62. The predicted octanol–water partition coefficient (Wildman–Crippen LogP) is 1.09. The quantitative estimate of drug-likeness (QED) is 0.759. The lowest BCUT2D eigenvalue weighted by molar-refractivity contribution is 0.0885. The van der Waals surface area contributed by atoms with Crippen molar-refractivity contribution >= 4 is 5.91 Å². The highest BCUT2D eigenvalue weighted by atomic mass is 16.3. The molecule has 1 aromatic rings. The van der Waals surface area contributed by atoms with E-state index in [4.69, 9.17) is 9.52 Å². The summed E-state index contributed by atoms with van der Waals surface area (Å²) in [6.07, 6.45) is 0.696. The molecule has 0 aliphatic heterocycles. The lowest BCUT2D eigenvalue weighted by atomic mass is 10.2. The first-order chi connectivity index (χ1) is 6.67. The smallest absolute Gasteiger partial charge is 0.287 e. The number of furan rings is 1. The number of nitrogens with one attached hydrogen (secondary N) is 1. The van der Waals surface area contributed by atoms with E-state index >= 15 is 0 Å². The van der Waals surface area contributed by atoms with E-state index in [1.165, 1.54) is 0 Å². The maximum absolute atomic E-state index is 11.5. The number of amides is 1. The second kappa shape index (κ2) is 4.81. The van der Waals surface area contributed by atoms with Gasteiger partial charge in [-0.2, -0.15) is 0 Å². The number of rotatable bonds is 4. The molecule has 0 saturated heterocycles. The molecule has 0 radical (unpaired) electrons. The van der Waals surface area contributed by atoms with Crippen molar-refractivity contribution in [2.75, 3.05) is 6.61 Å². The first-order valence-corrected chi connectivity index (χ1v) is 4.65. The van der Waals surface area contributed by atoms with Gasteiger partial charge in [-0.3, -0.25) is 4.79 Å². The van der Waals surface area contributed by atoms with Gasteiger partial charge < -0.3 is 14.8 Å². The van der Waals surface area contributed by atoms with Gasteiger partial charge in [-0.15, -0.1) is 0 Å². The number of hydrogen-bond acceptors (Lipinski definition) is 3. The van der Waals surface area contributed by atoms with Crippen molar-refractivity contribution in [1.82, 2.24) is 5.32 Å². The zero-order chi connectivity index (χ0) is 10.6. The van der Waals surface area contributed by atoms with Crippen molar-refractivity contribution in [2.45, 2.75) is 26.3 Å². The summed E-state index contributed by atoms with van der Waals surface area (Å²) in [4.78, 5) is 11.5. The highest BCUT2D eigenvalue weighted by Crippen LogP contribution is 2.06. The normalized spacial score (nSPS) is 12.5. The lowest BCUT2D eigenvalue weighted by Gasteiger charge is -2.12. The minimum atomic E-state index is -0.279. The second-order valence-electron chi connectivity index (χ2n) is 3.17. The standard InChI is InChI=1S/C10H15NO3/c1-3-8(6-12)11-10(13)9-5-4-7(2)14-9/h4-5,8,12H,3,6H2,1-2H3,(H,11,13). The average Bonchev–Trinajstić information content (AvgIpc) is 2.61. The van der Waals surface area contributed by atoms with Gasteiger partial charge in [0.2, 0.25) is 0 Å². The van der Waals surface area contributed by atoms with Gasteiger partial charge in [0.1, 0.15) is 5.76 Å². The molecule has 0 aromatic carbocycles. The van der Waals surface area contributed by atoms with Gasteiger partial charge in [-0.05, 0) is 25.5 Å². The molecule has 78 valence electrons. The Balaban J connectivity index is 2.58. The minimum Gasteiger partial charge on any atom is -0.456 e. The number of carbonyl (C=O) groups is 1. The zero-order valence-electron chi connectivity index (χ0n) is 8.41. The number of aliphatic hydroxyl groups is 1. The molecule has 1 unspecified atom stereocenters. The largest absolute Gasteiger partial charge is 0.456 e. The van der Waals surface area contributed by atoms with E-state index in [1.807, 2.05) is 6.92 Å². The topological polar surface area (TPSA) is 62.5 Å². The number of hydrogen-bond donors (Lipinski definition) is 2. The van der Waals surface area contributed by atoms with Crippen molar-refractivity contribution in [2.24, 2.45) is 0 Å². The Bertz CT molecular complexity index is 302. The van der Waals surface area contributed by atoms with E-state index in [0.29, 0.717) is 12.2 Å². The van der Waals surface area contributed by atoms with Crippen molar-refractivity contribution in [3.8, 4) is 0 Å². The van der Waals surface area contributed by atoms with E-state index in [1.54, 1.807) is 19.1 Å². The summed E-state index contributed by atoms with van der Waals surface area (Å²) in [6, 6.07) is 3.15. The Morgan fingerprint density at radius 3 is 2.79 bits per heavy atom. The number of carbonyl (C=O) groups excluding carboxylic acids is 1. The van der Waals surface area contributed by atoms with Gasteiger partial charge in [0, 0.05) is 0 Å². The highest BCUT2D eigenvalue weighted by molar-refractivity contribution is 5.91. The molecule has 0 saturated carbocycles. The Labute approximate surface area is 82.9 Å². The summed E-state index contributed by atoms with van der Waals surface area (Å²) in [5.41, 5.74) is 0. The van der Waals surface area contributed by atoms with Crippen LogP contribution in [0.4, 0.5) is 0 Å². The monoisotopic (exact) mass is 197 g/mol. The van der Waals surface area contributed by atoms with Gasteiger partial charge in [0.05, 0.1) is 12.6 Å². The molecule has 0 aliphatic rings. The maximum Gasteiger partial charge on any atom is 0.287 e. The van der Waals surface area contributed by atoms with Crippen LogP contribution in [0.3, 0.4) is 0 Å². The van der Waals surface area contributed by atoms with Crippen LogP contribution in [0, 0.1) is 6.92 Å². The fourth-order valence-corrected chi connectivity index (χ4v) is 1.09. The molecule has 1 heterocycles. The summed E-state index contributed by atoms with van der Waals surface area (Å²) in [5, 5.41) is 11.5. The molecule has 0 fully saturated rings. The van der Waals surface area contributed by atoms with E-state index < -0.39 is 0 Å². The van der Waals surface area contributed by atoms with E-state index in [9.17, 15) is 4.79 Å². The molecule has 1 aromatic heterocycles. The lowest BCUT2D eigenvalue weighted by Crippen LogP contribution is -2.36. The molecule has 4 nitrogen and oxygen atoms in total. The molecule has 0 aliphatic carbocycles. The SMILES string of the molecule is CCC(CO)NC(=O)c1ccc(C)o1. The van der Waals surface area contributed by atoms with Gasteiger partial charge in [0.15, 0.2) is 5.76 Å². The highest BCUT2D eigenvalue weighted by Gasteiger charge is 2.13. The van der Waals surface area contributed by atoms with E-state index in [0.717, 1.165) is 0 Å². The van der Waals surface area contributed by atoms with Crippen LogP contribution in [0.2, 0.25) is 0 Å². The molecule has 4 heteroatoms. The Hall–Kier alpha value is -1.29. The molecule has 1 rings (SSSR count). The summed E-state index contributed by atoms with van der Waals surface area (Å²) >= 11 is 0. The third-order valence-corrected chi connectivity index (χ3v) is 2.01. The Morgan fingerprint density at radius 2 is 2.36 bits per heavy atom. The van der Waals surface area contributed by atoms with Crippen molar-refractivity contribution < 1.29 is 14.3 Å². The van der Waals surface area contributed by atoms with Gasteiger partial charge in [-0.25, -0.2) is 0 Å². The van der Waals surface area contributed by atoms with Crippen LogP contribution in [0.25, 0.3) is 0 Å². The van der Waals surface area contributed by atoms with Crippen LogP contribution in [0.15, 0.2) is 16.5 Å². The average molecular weight is 197 g/mol. The number of aliphatic hydroxyl groups excluding tert-OH is 1. The molecule has 2 N–H and O–H groups in total. The summed E-state index contributed by atoms with van der Waals surface area (Å²) in [5.74, 6) is 0.709. The second-order valence-corrected chi connectivity index (χ2v) is 3.17. The van der Waals surface area contributed by atoms with Crippen LogP contribution >= 0.6 is 0 Å². The van der Waals surface area contributed by atoms with Gasteiger partial charge >= 0.3 is 0 Å². The van der Waals surface area contributed by atoms with Crippen LogP contribution in [0.5, 0.6) is 0 Å². The fraction of sp³-hybridized carbons (Fsp3) is 0.500. The van der Waals surface area contributed by atoms with E-state index in [2.05, 4.69) is 5.32 Å². The number of aryl methyl sites for hydroxylation is 1. The zero-order valence-corrected chi connectivity index (χ0v) is 8.41. The first kappa shape index (κ1) is 10.8. The van der Waals surface area contributed by atoms with Crippen molar-refractivity contribution in [1.29, 1.82) is 0 Å².